The lowest BCUT2D eigenvalue weighted by molar-refractivity contribution is -0.137. The van der Waals surface area contributed by atoms with Gasteiger partial charge in [0, 0.05) is 19.4 Å². The van der Waals surface area contributed by atoms with Gasteiger partial charge in [-0.15, -0.1) is 0 Å². The van der Waals surface area contributed by atoms with Crippen molar-refractivity contribution in [3.8, 4) is 0 Å². The predicted molar refractivity (Wildman–Crippen MR) is 53.7 cm³/mol. The van der Waals surface area contributed by atoms with Gasteiger partial charge in [-0.2, -0.15) is 0 Å². The Morgan fingerprint density at radius 3 is 2.64 bits per heavy atom. The van der Waals surface area contributed by atoms with E-state index in [1.54, 1.807) is 6.92 Å². The predicted octanol–water partition coefficient (Wildman–Crippen LogP) is 1.77. The Morgan fingerprint density at radius 1 is 1.29 bits per heavy atom. The molecule has 1 saturated carbocycles. The molecule has 0 radical (unpaired) electrons. The second kappa shape index (κ2) is 4.30. The standard InChI is InChI=1S/C11H19NO2/c1-9(13)12-7-8-14-11(12)10-5-3-2-4-6-10/h10-11H,2-8H2,1H3. The highest BCUT2D eigenvalue weighted by Crippen LogP contribution is 2.31. The zero-order valence-electron chi connectivity index (χ0n) is 8.87. The highest BCUT2D eigenvalue weighted by molar-refractivity contribution is 5.73. The van der Waals surface area contributed by atoms with E-state index in [9.17, 15) is 4.79 Å². The molecule has 14 heavy (non-hydrogen) atoms. The molecule has 1 saturated heterocycles. The molecule has 1 aliphatic carbocycles. The molecule has 0 aromatic heterocycles. The molecule has 2 fully saturated rings. The van der Waals surface area contributed by atoms with Crippen molar-refractivity contribution in [3.63, 3.8) is 0 Å². The third-order valence-corrected chi connectivity index (χ3v) is 3.39. The number of hydrogen-bond donors (Lipinski definition) is 0. The third-order valence-electron chi connectivity index (χ3n) is 3.39. The zero-order valence-corrected chi connectivity index (χ0v) is 8.87. The van der Waals surface area contributed by atoms with Crippen molar-refractivity contribution >= 4 is 5.91 Å². The number of nitrogens with zero attached hydrogens (tertiary/aromatic N) is 1. The second-order valence-corrected chi connectivity index (χ2v) is 4.37. The SMILES string of the molecule is CC(=O)N1CCOC1C1CCCCC1. The van der Waals surface area contributed by atoms with E-state index in [-0.39, 0.29) is 12.1 Å². The van der Waals surface area contributed by atoms with Gasteiger partial charge in [-0.1, -0.05) is 19.3 Å². The van der Waals surface area contributed by atoms with Gasteiger partial charge in [-0.3, -0.25) is 4.79 Å². The van der Waals surface area contributed by atoms with Gasteiger partial charge >= 0.3 is 0 Å². The molecule has 0 bridgehead atoms. The average Bonchev–Trinajstić information content (AvgIpc) is 2.67. The van der Waals surface area contributed by atoms with Crippen LogP contribution in [0.15, 0.2) is 0 Å². The van der Waals surface area contributed by atoms with Crippen LogP contribution in [0.25, 0.3) is 0 Å². The summed E-state index contributed by atoms with van der Waals surface area (Å²) < 4.78 is 5.67. The molecule has 1 amide bonds. The van der Waals surface area contributed by atoms with Gasteiger partial charge in [0.25, 0.3) is 0 Å². The monoisotopic (exact) mass is 197 g/mol. The van der Waals surface area contributed by atoms with E-state index >= 15 is 0 Å². The highest BCUT2D eigenvalue weighted by atomic mass is 16.5. The molecule has 2 aliphatic rings. The average molecular weight is 197 g/mol. The molecular formula is C11H19NO2. The molecule has 0 aromatic rings. The number of amides is 1. The normalized spacial score (nSPS) is 29.5. The lowest BCUT2D eigenvalue weighted by Gasteiger charge is -2.32. The fourth-order valence-electron chi connectivity index (χ4n) is 2.64. The third kappa shape index (κ3) is 1.92. The van der Waals surface area contributed by atoms with Crippen molar-refractivity contribution in [1.29, 1.82) is 0 Å². The van der Waals surface area contributed by atoms with Gasteiger partial charge < -0.3 is 9.64 Å². The van der Waals surface area contributed by atoms with E-state index < -0.39 is 0 Å². The number of hydrogen-bond acceptors (Lipinski definition) is 2. The van der Waals surface area contributed by atoms with Crippen LogP contribution in [-0.4, -0.2) is 30.2 Å². The lowest BCUT2D eigenvalue weighted by Crippen LogP contribution is -2.40. The minimum atomic E-state index is 0.0906. The van der Waals surface area contributed by atoms with E-state index in [1.165, 1.54) is 32.1 Å². The zero-order chi connectivity index (χ0) is 9.97. The molecule has 2 rings (SSSR count). The Morgan fingerprint density at radius 2 is 2.00 bits per heavy atom. The lowest BCUT2D eigenvalue weighted by atomic mass is 9.87. The molecule has 1 heterocycles. The molecule has 0 aromatic carbocycles. The fraction of sp³-hybridized carbons (Fsp3) is 0.909. The van der Waals surface area contributed by atoms with Gasteiger partial charge in [0.05, 0.1) is 6.61 Å². The summed E-state index contributed by atoms with van der Waals surface area (Å²) in [5.41, 5.74) is 0. The van der Waals surface area contributed by atoms with E-state index in [0.717, 1.165) is 13.2 Å². The Kier molecular flexibility index (Phi) is 3.06. The second-order valence-electron chi connectivity index (χ2n) is 4.37. The Labute approximate surface area is 85.4 Å². The Bertz CT molecular complexity index is 211. The first kappa shape index (κ1) is 9.97. The van der Waals surface area contributed by atoms with Crippen molar-refractivity contribution < 1.29 is 9.53 Å². The molecule has 0 spiro atoms. The van der Waals surface area contributed by atoms with E-state index in [4.69, 9.17) is 4.74 Å². The molecule has 1 atom stereocenters. The van der Waals surface area contributed by atoms with Crippen LogP contribution in [0, 0.1) is 5.92 Å². The van der Waals surface area contributed by atoms with Gasteiger partial charge in [-0.05, 0) is 12.8 Å². The van der Waals surface area contributed by atoms with E-state index in [2.05, 4.69) is 0 Å². The maximum Gasteiger partial charge on any atom is 0.221 e. The largest absolute Gasteiger partial charge is 0.356 e. The number of carbonyl (C=O) groups excluding carboxylic acids is 1. The van der Waals surface area contributed by atoms with Gasteiger partial charge in [-0.25, -0.2) is 0 Å². The summed E-state index contributed by atoms with van der Waals surface area (Å²) in [7, 11) is 0. The van der Waals surface area contributed by atoms with Crippen LogP contribution < -0.4 is 0 Å². The summed E-state index contributed by atoms with van der Waals surface area (Å²) in [6, 6.07) is 0. The fourth-order valence-corrected chi connectivity index (χ4v) is 2.64. The first-order valence-electron chi connectivity index (χ1n) is 5.68. The first-order chi connectivity index (χ1) is 6.79. The summed E-state index contributed by atoms with van der Waals surface area (Å²) in [6.45, 7) is 3.15. The number of rotatable bonds is 1. The summed E-state index contributed by atoms with van der Waals surface area (Å²) in [6.07, 6.45) is 6.51. The Balaban J connectivity index is 1.97. The van der Waals surface area contributed by atoms with Crippen LogP contribution in [0.5, 0.6) is 0 Å². The van der Waals surface area contributed by atoms with Crippen molar-refractivity contribution in [2.24, 2.45) is 5.92 Å². The molecule has 3 nitrogen and oxygen atoms in total. The van der Waals surface area contributed by atoms with Gasteiger partial charge in [0.15, 0.2) is 0 Å². The number of ether oxygens (including phenoxy) is 1. The minimum absolute atomic E-state index is 0.0906. The van der Waals surface area contributed by atoms with E-state index in [0.29, 0.717) is 5.92 Å². The highest BCUT2D eigenvalue weighted by Gasteiger charge is 2.34. The molecule has 0 N–H and O–H groups in total. The molecule has 1 aliphatic heterocycles. The van der Waals surface area contributed by atoms with Crippen LogP contribution in [0.3, 0.4) is 0 Å². The van der Waals surface area contributed by atoms with Crippen LogP contribution in [-0.2, 0) is 9.53 Å². The summed E-state index contributed by atoms with van der Waals surface area (Å²) in [5.74, 6) is 0.758. The Hall–Kier alpha value is -0.570. The van der Waals surface area contributed by atoms with Crippen molar-refractivity contribution in [2.45, 2.75) is 45.3 Å². The summed E-state index contributed by atoms with van der Waals surface area (Å²) >= 11 is 0. The van der Waals surface area contributed by atoms with Gasteiger partial charge in [0.2, 0.25) is 5.91 Å². The van der Waals surface area contributed by atoms with Crippen LogP contribution >= 0.6 is 0 Å². The smallest absolute Gasteiger partial charge is 0.221 e. The quantitative estimate of drug-likeness (QED) is 0.641. The minimum Gasteiger partial charge on any atom is -0.356 e. The summed E-state index contributed by atoms with van der Waals surface area (Å²) in [5, 5.41) is 0. The summed E-state index contributed by atoms with van der Waals surface area (Å²) in [4.78, 5) is 13.2. The topological polar surface area (TPSA) is 29.5 Å². The van der Waals surface area contributed by atoms with Gasteiger partial charge in [0.1, 0.15) is 6.23 Å². The van der Waals surface area contributed by atoms with Crippen LogP contribution in [0.1, 0.15) is 39.0 Å². The van der Waals surface area contributed by atoms with Crippen LogP contribution in [0.4, 0.5) is 0 Å². The van der Waals surface area contributed by atoms with Crippen molar-refractivity contribution in [2.75, 3.05) is 13.2 Å². The maximum atomic E-state index is 11.3. The van der Waals surface area contributed by atoms with Crippen molar-refractivity contribution in [3.05, 3.63) is 0 Å². The first-order valence-corrected chi connectivity index (χ1v) is 5.68. The number of carbonyl (C=O) groups is 1. The van der Waals surface area contributed by atoms with Crippen LogP contribution in [0.2, 0.25) is 0 Å². The van der Waals surface area contributed by atoms with Crippen molar-refractivity contribution in [1.82, 2.24) is 4.90 Å². The molecule has 3 heteroatoms. The molecule has 1 unspecified atom stereocenters. The molecular weight excluding hydrogens is 178 g/mol. The molecule has 80 valence electrons. The maximum absolute atomic E-state index is 11.3. The van der Waals surface area contributed by atoms with E-state index in [1.807, 2.05) is 4.90 Å².